The quantitative estimate of drug-likeness (QED) is 0.867. The highest BCUT2D eigenvalue weighted by Crippen LogP contribution is 2.25. The van der Waals surface area contributed by atoms with E-state index in [2.05, 4.69) is 19.8 Å². The van der Waals surface area contributed by atoms with Crippen LogP contribution in [0.3, 0.4) is 0 Å². The molecule has 1 aromatic heterocycles. The van der Waals surface area contributed by atoms with Gasteiger partial charge in [0.2, 0.25) is 5.91 Å². The van der Waals surface area contributed by atoms with Crippen molar-refractivity contribution < 1.29 is 4.79 Å². The Bertz CT molecular complexity index is 517. The third-order valence-corrected chi connectivity index (χ3v) is 5.31. The average molecular weight is 304 g/mol. The van der Waals surface area contributed by atoms with Crippen LogP contribution in [0.5, 0.6) is 0 Å². The second kappa shape index (κ2) is 6.82. The Kier molecular flexibility index (Phi) is 4.81. The van der Waals surface area contributed by atoms with Crippen molar-refractivity contribution in [3.8, 4) is 0 Å². The number of imidazole rings is 1. The van der Waals surface area contributed by atoms with Crippen molar-refractivity contribution in [1.82, 2.24) is 19.8 Å². The lowest BCUT2D eigenvalue weighted by molar-refractivity contribution is -0.129. The summed E-state index contributed by atoms with van der Waals surface area (Å²) in [6, 6.07) is 0.770. The van der Waals surface area contributed by atoms with E-state index in [-0.39, 0.29) is 6.04 Å². The molecule has 2 heterocycles. The second-order valence-corrected chi connectivity index (χ2v) is 6.83. The van der Waals surface area contributed by atoms with E-state index in [9.17, 15) is 4.79 Å². The van der Waals surface area contributed by atoms with E-state index in [1.165, 1.54) is 44.2 Å². The first-order valence-corrected chi connectivity index (χ1v) is 8.65. The molecule has 1 saturated carbocycles. The molecule has 22 heavy (non-hydrogen) atoms. The van der Waals surface area contributed by atoms with Crippen molar-refractivity contribution in [2.24, 2.45) is 7.05 Å². The van der Waals surface area contributed by atoms with E-state index < -0.39 is 0 Å². The predicted molar refractivity (Wildman–Crippen MR) is 86.4 cm³/mol. The van der Waals surface area contributed by atoms with Crippen LogP contribution in [0.15, 0.2) is 6.20 Å². The van der Waals surface area contributed by atoms with Gasteiger partial charge in [-0.3, -0.25) is 4.79 Å². The molecule has 0 spiro atoms. The lowest BCUT2D eigenvalue weighted by atomic mass is 10.1. The minimum Gasteiger partial charge on any atom is -0.338 e. The van der Waals surface area contributed by atoms with Crippen LogP contribution in [0.25, 0.3) is 0 Å². The summed E-state index contributed by atoms with van der Waals surface area (Å²) >= 11 is 0. The van der Waals surface area contributed by atoms with Gasteiger partial charge in [-0.1, -0.05) is 25.7 Å². The number of hydrogen-bond donors (Lipinski definition) is 1. The third-order valence-electron chi connectivity index (χ3n) is 5.31. The summed E-state index contributed by atoms with van der Waals surface area (Å²) in [6.07, 6.45) is 10.2. The SMILES string of the molecule is Cc1ncc(CN[C@H]2CC(=O)N(C3CCCCCC3)C2)n1C. The van der Waals surface area contributed by atoms with Gasteiger partial charge in [0.25, 0.3) is 0 Å². The minimum absolute atomic E-state index is 0.283. The maximum atomic E-state index is 12.3. The van der Waals surface area contributed by atoms with Gasteiger partial charge in [-0.15, -0.1) is 0 Å². The Morgan fingerprint density at radius 3 is 2.64 bits per heavy atom. The van der Waals surface area contributed by atoms with Crippen molar-refractivity contribution in [1.29, 1.82) is 0 Å². The van der Waals surface area contributed by atoms with Gasteiger partial charge in [-0.05, 0) is 19.8 Å². The van der Waals surface area contributed by atoms with Crippen molar-refractivity contribution >= 4 is 5.91 Å². The molecule has 0 unspecified atom stereocenters. The smallest absolute Gasteiger partial charge is 0.224 e. The van der Waals surface area contributed by atoms with Crippen LogP contribution in [-0.4, -0.2) is 39.0 Å². The van der Waals surface area contributed by atoms with Gasteiger partial charge < -0.3 is 14.8 Å². The first-order chi connectivity index (χ1) is 10.6. The van der Waals surface area contributed by atoms with Crippen LogP contribution in [0.2, 0.25) is 0 Å². The zero-order chi connectivity index (χ0) is 15.5. The molecule has 1 saturated heterocycles. The molecular weight excluding hydrogens is 276 g/mol. The zero-order valence-electron chi connectivity index (χ0n) is 13.8. The first kappa shape index (κ1) is 15.5. The van der Waals surface area contributed by atoms with Crippen molar-refractivity contribution in [3.05, 3.63) is 17.7 Å². The monoisotopic (exact) mass is 304 g/mol. The Morgan fingerprint density at radius 2 is 2.00 bits per heavy atom. The molecule has 5 heteroatoms. The molecule has 3 rings (SSSR count). The fourth-order valence-corrected chi connectivity index (χ4v) is 3.75. The van der Waals surface area contributed by atoms with Crippen LogP contribution in [0.1, 0.15) is 56.5 Å². The topological polar surface area (TPSA) is 50.2 Å². The molecule has 0 radical (unpaired) electrons. The summed E-state index contributed by atoms with van der Waals surface area (Å²) in [5.41, 5.74) is 1.18. The fourth-order valence-electron chi connectivity index (χ4n) is 3.75. The number of likely N-dealkylation sites (tertiary alicyclic amines) is 1. The molecular formula is C17H28N4O. The van der Waals surface area contributed by atoms with Crippen LogP contribution in [0.4, 0.5) is 0 Å². The number of hydrogen-bond acceptors (Lipinski definition) is 3. The van der Waals surface area contributed by atoms with Gasteiger partial charge in [0.05, 0.1) is 5.69 Å². The molecule has 1 amide bonds. The minimum atomic E-state index is 0.283. The maximum absolute atomic E-state index is 12.3. The van der Waals surface area contributed by atoms with Crippen LogP contribution >= 0.6 is 0 Å². The van der Waals surface area contributed by atoms with Crippen LogP contribution in [-0.2, 0) is 18.4 Å². The van der Waals surface area contributed by atoms with E-state index in [0.29, 0.717) is 18.4 Å². The molecule has 1 aliphatic heterocycles. The molecule has 1 aromatic rings. The summed E-state index contributed by atoms with van der Waals surface area (Å²) in [4.78, 5) is 18.8. The Labute approximate surface area is 133 Å². The number of amides is 1. The van der Waals surface area contributed by atoms with Gasteiger partial charge in [-0.25, -0.2) is 4.98 Å². The average Bonchev–Trinajstić information content (AvgIpc) is 2.90. The lowest BCUT2D eigenvalue weighted by Gasteiger charge is -2.27. The molecule has 1 atom stereocenters. The zero-order valence-corrected chi connectivity index (χ0v) is 13.8. The van der Waals surface area contributed by atoms with Gasteiger partial charge in [-0.2, -0.15) is 0 Å². The third kappa shape index (κ3) is 3.35. The summed E-state index contributed by atoms with van der Waals surface area (Å²) in [5, 5.41) is 3.54. The molecule has 0 aromatic carbocycles. The van der Waals surface area contributed by atoms with E-state index >= 15 is 0 Å². The molecule has 2 aliphatic rings. The van der Waals surface area contributed by atoms with Crippen molar-refractivity contribution in [3.63, 3.8) is 0 Å². The summed E-state index contributed by atoms with van der Waals surface area (Å²) < 4.78 is 2.10. The Morgan fingerprint density at radius 1 is 1.27 bits per heavy atom. The first-order valence-electron chi connectivity index (χ1n) is 8.65. The summed E-state index contributed by atoms with van der Waals surface area (Å²) in [7, 11) is 2.04. The van der Waals surface area contributed by atoms with Gasteiger partial charge in [0.15, 0.2) is 0 Å². The predicted octanol–water partition coefficient (Wildman–Crippen LogP) is 2.14. The number of aromatic nitrogens is 2. The Hall–Kier alpha value is -1.36. The molecule has 122 valence electrons. The van der Waals surface area contributed by atoms with E-state index in [4.69, 9.17) is 0 Å². The Balaban J connectivity index is 1.54. The van der Waals surface area contributed by atoms with Crippen LogP contribution < -0.4 is 5.32 Å². The summed E-state index contributed by atoms with van der Waals surface area (Å²) in [5.74, 6) is 1.37. The molecule has 1 N–H and O–H groups in total. The van der Waals surface area contributed by atoms with Gasteiger partial charge >= 0.3 is 0 Å². The normalized spacial score (nSPS) is 24.0. The number of rotatable bonds is 4. The number of nitrogens with one attached hydrogen (secondary N) is 1. The number of carbonyl (C=O) groups excluding carboxylic acids is 1. The van der Waals surface area contributed by atoms with E-state index in [0.717, 1.165) is 18.9 Å². The van der Waals surface area contributed by atoms with Crippen LogP contribution in [0, 0.1) is 6.92 Å². The standard InChI is InChI=1S/C17H28N4O/c1-13-18-10-16(20(13)2)11-19-14-9-17(22)21(12-14)15-7-5-3-4-6-8-15/h10,14-15,19H,3-9,11-12H2,1-2H3/t14-/m0/s1. The molecule has 2 fully saturated rings. The largest absolute Gasteiger partial charge is 0.338 e. The van der Waals surface area contributed by atoms with Gasteiger partial charge in [0, 0.05) is 44.8 Å². The highest BCUT2D eigenvalue weighted by molar-refractivity contribution is 5.79. The lowest BCUT2D eigenvalue weighted by Crippen LogP contribution is -2.38. The van der Waals surface area contributed by atoms with E-state index in [1.807, 2.05) is 20.2 Å². The highest BCUT2D eigenvalue weighted by atomic mass is 16.2. The van der Waals surface area contributed by atoms with Crippen molar-refractivity contribution in [2.75, 3.05) is 6.54 Å². The second-order valence-electron chi connectivity index (χ2n) is 6.83. The number of nitrogens with zero attached hydrogens (tertiary/aromatic N) is 3. The number of carbonyl (C=O) groups is 1. The molecule has 1 aliphatic carbocycles. The maximum Gasteiger partial charge on any atom is 0.224 e. The molecule has 5 nitrogen and oxygen atoms in total. The number of aryl methyl sites for hydroxylation is 1. The van der Waals surface area contributed by atoms with Gasteiger partial charge in [0.1, 0.15) is 5.82 Å². The van der Waals surface area contributed by atoms with Crippen molar-refractivity contribution in [2.45, 2.75) is 70.5 Å². The fraction of sp³-hybridized carbons (Fsp3) is 0.765. The summed E-state index contributed by atoms with van der Waals surface area (Å²) in [6.45, 7) is 3.67. The highest BCUT2D eigenvalue weighted by Gasteiger charge is 2.34. The molecule has 0 bridgehead atoms. The van der Waals surface area contributed by atoms with E-state index in [1.54, 1.807) is 0 Å².